The van der Waals surface area contributed by atoms with Crippen LogP contribution in [0.15, 0.2) is 24.3 Å². The molecular formula is C23H35N5. The molecule has 5 nitrogen and oxygen atoms in total. The molecule has 0 amide bonds. The first-order chi connectivity index (χ1) is 13.8. The Morgan fingerprint density at radius 3 is 2.43 bits per heavy atom. The molecule has 1 N–H and O–H groups in total. The lowest BCUT2D eigenvalue weighted by atomic mass is 9.99. The van der Waals surface area contributed by atoms with Gasteiger partial charge in [-0.25, -0.2) is 4.98 Å². The lowest BCUT2D eigenvalue weighted by Gasteiger charge is -2.41. The average Bonchev–Trinajstić information content (AvgIpc) is 2.98. The number of anilines is 2. The summed E-state index contributed by atoms with van der Waals surface area (Å²) in [5.41, 5.74) is 1.05. The molecule has 3 heterocycles. The summed E-state index contributed by atoms with van der Waals surface area (Å²) in [6.07, 6.45) is 7.73. The fraction of sp³-hybridized carbons (Fsp3) is 0.652. The number of rotatable bonds is 7. The van der Waals surface area contributed by atoms with Crippen LogP contribution in [0.4, 0.5) is 11.8 Å². The highest BCUT2D eigenvalue weighted by Crippen LogP contribution is 2.28. The lowest BCUT2D eigenvalue weighted by Crippen LogP contribution is -2.56. The molecule has 0 spiro atoms. The van der Waals surface area contributed by atoms with Crippen molar-refractivity contribution in [2.45, 2.75) is 58.4 Å². The molecule has 4 rings (SSSR count). The number of aromatic nitrogens is 2. The van der Waals surface area contributed by atoms with E-state index in [0.717, 1.165) is 49.4 Å². The molecule has 152 valence electrons. The number of hydrogen-bond acceptors (Lipinski definition) is 5. The smallest absolute Gasteiger partial charge is 0.225 e. The Morgan fingerprint density at radius 2 is 1.71 bits per heavy atom. The topological polar surface area (TPSA) is 44.3 Å². The van der Waals surface area contributed by atoms with Crippen LogP contribution in [-0.2, 0) is 0 Å². The third-order valence-electron chi connectivity index (χ3n) is 6.45. The third kappa shape index (κ3) is 4.40. The SMILES string of the molecule is CCC(CC)CN1CC(Nc2nc(N3CCCCCC3)c3ccccc3n2)C1. The lowest BCUT2D eigenvalue weighted by molar-refractivity contribution is 0.132. The quantitative estimate of drug-likeness (QED) is 0.763. The summed E-state index contributed by atoms with van der Waals surface area (Å²) in [6, 6.07) is 8.92. The molecule has 2 fully saturated rings. The van der Waals surface area contributed by atoms with Crippen molar-refractivity contribution in [1.29, 1.82) is 0 Å². The zero-order chi connectivity index (χ0) is 19.3. The van der Waals surface area contributed by atoms with Crippen LogP contribution in [0.25, 0.3) is 10.9 Å². The standard InChI is InChI=1S/C23H35N5/c1-3-18(4-2)15-27-16-19(17-27)24-23-25-21-12-8-7-11-20(21)22(26-23)28-13-9-5-6-10-14-28/h7-8,11-12,18-19H,3-6,9-10,13-17H2,1-2H3,(H,24,25,26). The molecule has 0 atom stereocenters. The van der Waals surface area contributed by atoms with Gasteiger partial charge in [-0.05, 0) is 30.9 Å². The minimum atomic E-state index is 0.465. The van der Waals surface area contributed by atoms with E-state index in [0.29, 0.717) is 6.04 Å². The predicted octanol–water partition coefficient (Wildman–Crippen LogP) is 4.54. The average molecular weight is 382 g/mol. The van der Waals surface area contributed by atoms with E-state index in [4.69, 9.17) is 9.97 Å². The van der Waals surface area contributed by atoms with E-state index >= 15 is 0 Å². The van der Waals surface area contributed by atoms with Crippen LogP contribution in [0.3, 0.4) is 0 Å². The Hall–Kier alpha value is -1.88. The first-order valence-electron chi connectivity index (χ1n) is 11.3. The van der Waals surface area contributed by atoms with E-state index in [1.807, 2.05) is 0 Å². The number of hydrogen-bond donors (Lipinski definition) is 1. The normalized spacial score (nSPS) is 19.0. The highest BCUT2D eigenvalue weighted by molar-refractivity contribution is 5.90. The summed E-state index contributed by atoms with van der Waals surface area (Å²) in [6.45, 7) is 10.2. The molecule has 2 saturated heterocycles. The number of nitrogens with zero attached hydrogens (tertiary/aromatic N) is 4. The van der Waals surface area contributed by atoms with Crippen molar-refractivity contribution in [3.05, 3.63) is 24.3 Å². The first-order valence-corrected chi connectivity index (χ1v) is 11.3. The number of fused-ring (bicyclic) bond motifs is 1. The van der Waals surface area contributed by atoms with E-state index < -0.39 is 0 Å². The van der Waals surface area contributed by atoms with Crippen molar-refractivity contribution in [1.82, 2.24) is 14.9 Å². The van der Waals surface area contributed by atoms with E-state index in [1.54, 1.807) is 0 Å². The van der Waals surface area contributed by atoms with Gasteiger partial charge in [0.25, 0.3) is 0 Å². The molecule has 0 saturated carbocycles. The van der Waals surface area contributed by atoms with Crippen molar-refractivity contribution >= 4 is 22.7 Å². The largest absolute Gasteiger partial charge is 0.356 e. The molecule has 2 aliphatic rings. The second-order valence-electron chi connectivity index (χ2n) is 8.53. The van der Waals surface area contributed by atoms with Crippen molar-refractivity contribution < 1.29 is 0 Å². The summed E-state index contributed by atoms with van der Waals surface area (Å²) < 4.78 is 0. The van der Waals surface area contributed by atoms with Gasteiger partial charge in [0, 0.05) is 38.1 Å². The monoisotopic (exact) mass is 381 g/mol. The summed E-state index contributed by atoms with van der Waals surface area (Å²) in [4.78, 5) is 14.9. The highest BCUT2D eigenvalue weighted by atomic mass is 15.3. The molecule has 0 radical (unpaired) electrons. The van der Waals surface area contributed by atoms with E-state index in [-0.39, 0.29) is 0 Å². The van der Waals surface area contributed by atoms with Gasteiger partial charge in [0.15, 0.2) is 0 Å². The van der Waals surface area contributed by atoms with Gasteiger partial charge in [-0.1, -0.05) is 51.7 Å². The van der Waals surface area contributed by atoms with Crippen LogP contribution in [0, 0.1) is 5.92 Å². The zero-order valence-corrected chi connectivity index (χ0v) is 17.5. The van der Waals surface area contributed by atoms with Crippen molar-refractivity contribution in [3.8, 4) is 0 Å². The van der Waals surface area contributed by atoms with Crippen LogP contribution in [0.5, 0.6) is 0 Å². The van der Waals surface area contributed by atoms with E-state index in [2.05, 4.69) is 53.2 Å². The van der Waals surface area contributed by atoms with Crippen LogP contribution in [-0.4, -0.2) is 53.6 Å². The molecule has 5 heteroatoms. The minimum Gasteiger partial charge on any atom is -0.356 e. The van der Waals surface area contributed by atoms with Crippen molar-refractivity contribution in [2.24, 2.45) is 5.92 Å². The van der Waals surface area contributed by atoms with Gasteiger partial charge < -0.3 is 10.2 Å². The number of benzene rings is 1. The zero-order valence-electron chi connectivity index (χ0n) is 17.5. The van der Waals surface area contributed by atoms with Gasteiger partial charge >= 0.3 is 0 Å². The number of nitrogens with one attached hydrogen (secondary N) is 1. The fourth-order valence-electron chi connectivity index (χ4n) is 4.55. The summed E-state index contributed by atoms with van der Waals surface area (Å²) in [7, 11) is 0. The molecule has 0 aliphatic carbocycles. The molecule has 2 aromatic rings. The Bertz CT molecular complexity index is 759. The molecule has 28 heavy (non-hydrogen) atoms. The Kier molecular flexibility index (Phi) is 6.30. The number of likely N-dealkylation sites (tertiary alicyclic amines) is 1. The Balaban J connectivity index is 1.47. The maximum Gasteiger partial charge on any atom is 0.225 e. The second-order valence-corrected chi connectivity index (χ2v) is 8.53. The molecule has 2 aliphatic heterocycles. The fourth-order valence-corrected chi connectivity index (χ4v) is 4.55. The maximum atomic E-state index is 4.99. The molecule has 1 aromatic carbocycles. The van der Waals surface area contributed by atoms with Gasteiger partial charge in [-0.15, -0.1) is 0 Å². The first kappa shape index (κ1) is 19.4. The van der Waals surface area contributed by atoms with E-state index in [9.17, 15) is 0 Å². The predicted molar refractivity (Wildman–Crippen MR) is 118 cm³/mol. The van der Waals surface area contributed by atoms with Gasteiger partial charge in [-0.3, -0.25) is 4.90 Å². The summed E-state index contributed by atoms with van der Waals surface area (Å²) in [5, 5.41) is 4.79. The minimum absolute atomic E-state index is 0.465. The van der Waals surface area contributed by atoms with Crippen LogP contribution >= 0.6 is 0 Å². The van der Waals surface area contributed by atoms with Crippen LogP contribution in [0.2, 0.25) is 0 Å². The molecule has 1 aromatic heterocycles. The molecule has 0 unspecified atom stereocenters. The Morgan fingerprint density at radius 1 is 1.00 bits per heavy atom. The van der Waals surface area contributed by atoms with Crippen molar-refractivity contribution in [3.63, 3.8) is 0 Å². The maximum absolute atomic E-state index is 4.99. The summed E-state index contributed by atoms with van der Waals surface area (Å²) >= 11 is 0. The second kappa shape index (κ2) is 9.08. The van der Waals surface area contributed by atoms with Crippen LogP contribution in [0.1, 0.15) is 52.4 Å². The van der Waals surface area contributed by atoms with E-state index in [1.165, 1.54) is 50.5 Å². The molecular weight excluding hydrogens is 346 g/mol. The highest BCUT2D eigenvalue weighted by Gasteiger charge is 2.28. The summed E-state index contributed by atoms with van der Waals surface area (Å²) in [5.74, 6) is 2.74. The van der Waals surface area contributed by atoms with Crippen molar-refractivity contribution in [2.75, 3.05) is 42.9 Å². The van der Waals surface area contributed by atoms with Gasteiger partial charge in [0.05, 0.1) is 11.6 Å². The Labute approximate surface area is 169 Å². The third-order valence-corrected chi connectivity index (χ3v) is 6.45. The van der Waals surface area contributed by atoms with Crippen LogP contribution < -0.4 is 10.2 Å². The molecule has 0 bridgehead atoms. The van der Waals surface area contributed by atoms with Gasteiger partial charge in [0.2, 0.25) is 5.95 Å². The number of para-hydroxylation sites is 1. The van der Waals surface area contributed by atoms with Gasteiger partial charge in [0.1, 0.15) is 5.82 Å². The van der Waals surface area contributed by atoms with Gasteiger partial charge in [-0.2, -0.15) is 4.98 Å².